The van der Waals surface area contributed by atoms with Gasteiger partial charge in [-0.3, -0.25) is 9.59 Å². The number of nitrogens with one attached hydrogen (secondary N) is 2. The van der Waals surface area contributed by atoms with Crippen LogP contribution in [0.3, 0.4) is 0 Å². The van der Waals surface area contributed by atoms with Crippen LogP contribution in [0.4, 0.5) is 5.69 Å². The molecule has 1 atom stereocenters. The maximum atomic E-state index is 12.8. The Morgan fingerprint density at radius 2 is 1.78 bits per heavy atom. The number of aryl methyl sites for hydroxylation is 2. The zero-order chi connectivity index (χ0) is 19.8. The Labute approximate surface area is 164 Å². The first-order chi connectivity index (χ1) is 12.9. The highest BCUT2D eigenvalue weighted by Gasteiger charge is 2.23. The van der Waals surface area contributed by atoms with Gasteiger partial charge >= 0.3 is 0 Å². The smallest absolute Gasteiger partial charge is 0.255 e. The third kappa shape index (κ3) is 6.03. The van der Waals surface area contributed by atoms with E-state index in [1.807, 2.05) is 38.3 Å². The topological polar surface area (TPSA) is 67.4 Å². The molecular formula is C21H26N2O3S. The number of hydrogen-bond acceptors (Lipinski definition) is 4. The van der Waals surface area contributed by atoms with Gasteiger partial charge < -0.3 is 15.4 Å². The summed E-state index contributed by atoms with van der Waals surface area (Å²) in [6.45, 7) is 3.97. The number of rotatable bonds is 8. The van der Waals surface area contributed by atoms with Gasteiger partial charge in [-0.25, -0.2) is 0 Å². The van der Waals surface area contributed by atoms with E-state index in [9.17, 15) is 9.59 Å². The fourth-order valence-electron chi connectivity index (χ4n) is 2.85. The van der Waals surface area contributed by atoms with Gasteiger partial charge in [0.25, 0.3) is 5.91 Å². The fraction of sp³-hybridized carbons (Fsp3) is 0.333. The summed E-state index contributed by atoms with van der Waals surface area (Å²) in [5.74, 6) is 0.691. The quantitative estimate of drug-likeness (QED) is 0.724. The molecule has 2 aromatic carbocycles. The Balaban J connectivity index is 2.15. The number of anilines is 1. The molecule has 0 fully saturated rings. The normalized spacial score (nSPS) is 11.6. The van der Waals surface area contributed by atoms with E-state index < -0.39 is 6.04 Å². The van der Waals surface area contributed by atoms with Gasteiger partial charge in [0.15, 0.2) is 0 Å². The molecule has 0 saturated heterocycles. The van der Waals surface area contributed by atoms with Gasteiger partial charge in [-0.2, -0.15) is 11.8 Å². The molecule has 0 saturated carbocycles. The van der Waals surface area contributed by atoms with Crippen LogP contribution in [0.1, 0.15) is 27.9 Å². The van der Waals surface area contributed by atoms with Crippen LogP contribution in [0.15, 0.2) is 42.5 Å². The number of carbonyl (C=O) groups excluding carboxylic acids is 2. The fourth-order valence-corrected chi connectivity index (χ4v) is 3.32. The Bertz CT molecular complexity index is 788. The Morgan fingerprint density at radius 3 is 2.41 bits per heavy atom. The lowest BCUT2D eigenvalue weighted by atomic mass is 10.1. The predicted octanol–water partition coefficient (Wildman–Crippen LogP) is 3.80. The van der Waals surface area contributed by atoms with Crippen LogP contribution in [-0.2, 0) is 4.79 Å². The molecule has 0 aliphatic carbocycles. The maximum Gasteiger partial charge on any atom is 0.255 e. The number of para-hydroxylation sites is 1. The number of benzene rings is 2. The Kier molecular flexibility index (Phi) is 7.73. The maximum absolute atomic E-state index is 12.8. The molecule has 0 aliphatic rings. The Morgan fingerprint density at radius 1 is 1.11 bits per heavy atom. The van der Waals surface area contributed by atoms with Crippen LogP contribution in [0, 0.1) is 13.8 Å². The van der Waals surface area contributed by atoms with Crippen molar-refractivity contribution in [2.75, 3.05) is 24.4 Å². The standard InChI is InChI=1S/C21H26N2O3S/c1-14-11-15(2)13-16(12-14)22-21(25)18(9-10-27-4)23-20(24)17-7-5-6-8-19(17)26-3/h5-8,11-13,18H,9-10H2,1-4H3,(H,22,25)(H,23,24). The van der Waals surface area contributed by atoms with E-state index in [0.717, 1.165) is 22.6 Å². The summed E-state index contributed by atoms with van der Waals surface area (Å²) in [7, 11) is 1.52. The number of ether oxygens (including phenoxy) is 1. The lowest BCUT2D eigenvalue weighted by molar-refractivity contribution is -0.118. The molecule has 5 nitrogen and oxygen atoms in total. The van der Waals surface area contributed by atoms with Crippen molar-refractivity contribution in [2.24, 2.45) is 0 Å². The second kappa shape index (κ2) is 10.0. The van der Waals surface area contributed by atoms with E-state index in [1.54, 1.807) is 36.0 Å². The monoisotopic (exact) mass is 386 g/mol. The zero-order valence-corrected chi connectivity index (χ0v) is 17.0. The van der Waals surface area contributed by atoms with Crippen molar-refractivity contribution < 1.29 is 14.3 Å². The first-order valence-electron chi connectivity index (χ1n) is 8.76. The largest absolute Gasteiger partial charge is 0.496 e. The molecule has 2 N–H and O–H groups in total. The third-order valence-corrected chi connectivity index (χ3v) is 4.72. The van der Waals surface area contributed by atoms with Crippen molar-refractivity contribution in [2.45, 2.75) is 26.3 Å². The van der Waals surface area contributed by atoms with Crippen molar-refractivity contribution in [1.29, 1.82) is 0 Å². The molecule has 0 radical (unpaired) electrons. The Hall–Kier alpha value is -2.47. The number of amides is 2. The summed E-state index contributed by atoms with van der Waals surface area (Å²) in [5.41, 5.74) is 3.29. The third-order valence-electron chi connectivity index (χ3n) is 4.07. The molecule has 27 heavy (non-hydrogen) atoms. The second-order valence-electron chi connectivity index (χ2n) is 6.37. The van der Waals surface area contributed by atoms with Crippen LogP contribution in [0.5, 0.6) is 5.75 Å². The predicted molar refractivity (Wildman–Crippen MR) is 112 cm³/mol. The molecule has 1 unspecified atom stereocenters. The summed E-state index contributed by atoms with van der Waals surface area (Å²) in [6.07, 6.45) is 2.51. The number of thioether (sulfide) groups is 1. The number of carbonyl (C=O) groups is 2. The molecular weight excluding hydrogens is 360 g/mol. The summed E-state index contributed by atoms with van der Waals surface area (Å²) >= 11 is 1.63. The van der Waals surface area contributed by atoms with E-state index in [1.165, 1.54) is 7.11 Å². The van der Waals surface area contributed by atoms with Crippen LogP contribution in [-0.4, -0.2) is 37.0 Å². The average molecular weight is 387 g/mol. The minimum atomic E-state index is -0.629. The highest BCUT2D eigenvalue weighted by molar-refractivity contribution is 7.98. The number of methoxy groups -OCH3 is 1. The summed E-state index contributed by atoms with van der Waals surface area (Å²) in [5, 5.41) is 5.77. The minimum absolute atomic E-state index is 0.225. The molecule has 0 aromatic heterocycles. The summed E-state index contributed by atoms with van der Waals surface area (Å²) < 4.78 is 5.25. The van der Waals surface area contributed by atoms with E-state index in [-0.39, 0.29) is 11.8 Å². The van der Waals surface area contributed by atoms with Crippen molar-refractivity contribution in [1.82, 2.24) is 5.32 Å². The summed E-state index contributed by atoms with van der Waals surface area (Å²) in [4.78, 5) is 25.5. The van der Waals surface area contributed by atoms with Crippen LogP contribution in [0.25, 0.3) is 0 Å². The van der Waals surface area contributed by atoms with Crippen molar-refractivity contribution in [3.05, 3.63) is 59.2 Å². The molecule has 2 rings (SSSR count). The second-order valence-corrected chi connectivity index (χ2v) is 7.36. The van der Waals surface area contributed by atoms with Gasteiger partial charge in [-0.15, -0.1) is 0 Å². The highest BCUT2D eigenvalue weighted by Crippen LogP contribution is 2.18. The van der Waals surface area contributed by atoms with Gasteiger partial charge in [-0.05, 0) is 67.7 Å². The van der Waals surface area contributed by atoms with Gasteiger partial charge in [0.2, 0.25) is 5.91 Å². The van der Waals surface area contributed by atoms with Crippen molar-refractivity contribution in [3.8, 4) is 5.75 Å². The van der Waals surface area contributed by atoms with E-state index in [2.05, 4.69) is 10.6 Å². The van der Waals surface area contributed by atoms with Crippen LogP contribution >= 0.6 is 11.8 Å². The van der Waals surface area contributed by atoms with Gasteiger partial charge in [-0.1, -0.05) is 18.2 Å². The molecule has 2 amide bonds. The van der Waals surface area contributed by atoms with Gasteiger partial charge in [0, 0.05) is 5.69 Å². The molecule has 144 valence electrons. The van der Waals surface area contributed by atoms with E-state index >= 15 is 0 Å². The minimum Gasteiger partial charge on any atom is -0.496 e. The molecule has 0 heterocycles. The molecule has 6 heteroatoms. The number of hydrogen-bond donors (Lipinski definition) is 2. The highest BCUT2D eigenvalue weighted by atomic mass is 32.2. The first kappa shape index (κ1) is 20.8. The lowest BCUT2D eigenvalue weighted by Crippen LogP contribution is -2.44. The van der Waals surface area contributed by atoms with Crippen molar-refractivity contribution in [3.63, 3.8) is 0 Å². The van der Waals surface area contributed by atoms with Gasteiger partial charge in [0.1, 0.15) is 11.8 Å². The molecule has 0 aliphatic heterocycles. The van der Waals surface area contributed by atoms with E-state index in [0.29, 0.717) is 17.7 Å². The van der Waals surface area contributed by atoms with Crippen LogP contribution in [0.2, 0.25) is 0 Å². The van der Waals surface area contributed by atoms with Crippen LogP contribution < -0.4 is 15.4 Å². The lowest BCUT2D eigenvalue weighted by Gasteiger charge is -2.19. The molecule has 0 bridgehead atoms. The van der Waals surface area contributed by atoms with Gasteiger partial charge in [0.05, 0.1) is 12.7 Å². The van der Waals surface area contributed by atoms with E-state index in [4.69, 9.17) is 4.74 Å². The molecule has 0 spiro atoms. The average Bonchev–Trinajstić information content (AvgIpc) is 2.63. The SMILES string of the molecule is COc1ccccc1C(=O)NC(CCSC)C(=O)Nc1cc(C)cc(C)c1. The zero-order valence-electron chi connectivity index (χ0n) is 16.2. The molecule has 2 aromatic rings. The summed E-state index contributed by atoms with van der Waals surface area (Å²) in [6, 6.07) is 12.2. The first-order valence-corrected chi connectivity index (χ1v) is 10.2. The van der Waals surface area contributed by atoms with Crippen molar-refractivity contribution >= 4 is 29.3 Å².